The van der Waals surface area contributed by atoms with E-state index in [0.717, 1.165) is 18.6 Å². The van der Waals surface area contributed by atoms with E-state index in [2.05, 4.69) is 11.7 Å². The minimum atomic E-state index is -0.385. The summed E-state index contributed by atoms with van der Waals surface area (Å²) in [4.78, 5) is 23.7. The van der Waals surface area contributed by atoms with Crippen LogP contribution >= 0.6 is 11.8 Å². The minimum absolute atomic E-state index is 0.0264. The Hall–Kier alpha value is -0.710. The molecule has 0 aromatic carbocycles. The summed E-state index contributed by atoms with van der Waals surface area (Å²) >= 11 is 1.61. The molecule has 0 saturated heterocycles. The Bertz CT molecular complexity index is 209. The number of amides is 1. The third-order valence-electron chi connectivity index (χ3n) is 1.89. The molecular formula is C10H19NO3S. The van der Waals surface area contributed by atoms with Crippen LogP contribution in [0, 0.1) is 0 Å². The molecule has 15 heavy (non-hydrogen) atoms. The van der Waals surface area contributed by atoms with E-state index in [-0.39, 0.29) is 18.4 Å². The first-order valence-corrected chi connectivity index (χ1v) is 6.15. The first-order valence-electron chi connectivity index (χ1n) is 5.00. The number of carbonyl (C=O) groups excluding carboxylic acids is 2. The summed E-state index contributed by atoms with van der Waals surface area (Å²) in [5, 5.41) is 0. The molecule has 0 heterocycles. The van der Waals surface area contributed by atoms with Crippen LogP contribution < -0.4 is 0 Å². The highest BCUT2D eigenvalue weighted by Gasteiger charge is 2.12. The number of esters is 1. The van der Waals surface area contributed by atoms with Gasteiger partial charge in [-0.1, -0.05) is 13.3 Å². The van der Waals surface area contributed by atoms with Gasteiger partial charge in [0, 0.05) is 7.05 Å². The van der Waals surface area contributed by atoms with E-state index in [1.54, 1.807) is 18.8 Å². The molecule has 0 saturated carbocycles. The molecule has 0 bridgehead atoms. The van der Waals surface area contributed by atoms with Gasteiger partial charge in [-0.2, -0.15) is 11.8 Å². The Kier molecular flexibility index (Phi) is 8.18. The first-order chi connectivity index (χ1) is 7.11. The lowest BCUT2D eigenvalue weighted by Crippen LogP contribution is -2.33. The van der Waals surface area contributed by atoms with E-state index in [1.807, 2.05) is 0 Å². The maximum Gasteiger partial charge on any atom is 0.325 e. The van der Waals surface area contributed by atoms with Gasteiger partial charge in [0.15, 0.2) is 0 Å². The molecule has 0 spiro atoms. The van der Waals surface area contributed by atoms with Gasteiger partial charge < -0.3 is 9.64 Å². The molecule has 0 radical (unpaired) electrons. The van der Waals surface area contributed by atoms with Crippen LogP contribution in [0.3, 0.4) is 0 Å². The Labute approximate surface area is 95.3 Å². The number of hydrogen-bond acceptors (Lipinski definition) is 4. The zero-order valence-corrected chi connectivity index (χ0v) is 10.4. The van der Waals surface area contributed by atoms with Crippen molar-refractivity contribution in [2.24, 2.45) is 0 Å². The average molecular weight is 233 g/mol. The SMILES string of the molecule is CCCCSCC(=O)N(C)CC(=O)OC. The number of ether oxygens (including phenoxy) is 1. The predicted octanol–water partition coefficient (Wildman–Crippen LogP) is 1.15. The second-order valence-corrected chi connectivity index (χ2v) is 4.34. The normalized spacial score (nSPS) is 9.80. The molecule has 0 aliphatic heterocycles. The van der Waals surface area contributed by atoms with Crippen LogP contribution in [0.2, 0.25) is 0 Å². The zero-order chi connectivity index (χ0) is 11.7. The Balaban J connectivity index is 3.64. The highest BCUT2D eigenvalue weighted by atomic mass is 32.2. The number of carbonyl (C=O) groups is 2. The number of nitrogens with zero attached hydrogens (tertiary/aromatic N) is 1. The largest absolute Gasteiger partial charge is 0.468 e. The predicted molar refractivity (Wildman–Crippen MR) is 61.9 cm³/mol. The fourth-order valence-corrected chi connectivity index (χ4v) is 1.89. The summed E-state index contributed by atoms with van der Waals surface area (Å²) in [7, 11) is 2.93. The molecule has 0 aromatic rings. The minimum Gasteiger partial charge on any atom is -0.468 e. The number of likely N-dealkylation sites (N-methyl/N-ethyl adjacent to an activating group) is 1. The van der Waals surface area contributed by atoms with E-state index in [4.69, 9.17) is 0 Å². The van der Waals surface area contributed by atoms with Gasteiger partial charge in [0.05, 0.1) is 12.9 Å². The van der Waals surface area contributed by atoms with Gasteiger partial charge in [-0.3, -0.25) is 9.59 Å². The summed E-state index contributed by atoms with van der Waals surface area (Å²) < 4.78 is 4.47. The average Bonchev–Trinajstić information content (AvgIpc) is 2.23. The molecule has 0 aromatic heterocycles. The standard InChI is InChI=1S/C10H19NO3S/c1-4-5-6-15-8-9(12)11(2)7-10(13)14-3/h4-8H2,1-3H3. The molecule has 0 aliphatic carbocycles. The van der Waals surface area contributed by atoms with Crippen molar-refractivity contribution in [2.45, 2.75) is 19.8 Å². The van der Waals surface area contributed by atoms with Crippen LogP contribution in [0.4, 0.5) is 0 Å². The highest BCUT2D eigenvalue weighted by molar-refractivity contribution is 7.99. The van der Waals surface area contributed by atoms with Gasteiger partial charge in [-0.15, -0.1) is 0 Å². The van der Waals surface area contributed by atoms with Crippen molar-refractivity contribution in [3.63, 3.8) is 0 Å². The van der Waals surface area contributed by atoms with E-state index in [1.165, 1.54) is 12.0 Å². The Morgan fingerprint density at radius 3 is 2.60 bits per heavy atom. The summed E-state index contributed by atoms with van der Waals surface area (Å²) in [6.07, 6.45) is 2.26. The lowest BCUT2D eigenvalue weighted by atomic mass is 10.4. The van der Waals surface area contributed by atoms with E-state index < -0.39 is 0 Å². The van der Waals surface area contributed by atoms with Gasteiger partial charge in [-0.25, -0.2) is 0 Å². The molecule has 0 N–H and O–H groups in total. The first kappa shape index (κ1) is 14.3. The molecule has 0 aliphatic rings. The highest BCUT2D eigenvalue weighted by Crippen LogP contribution is 2.05. The lowest BCUT2D eigenvalue weighted by Gasteiger charge is -2.15. The van der Waals surface area contributed by atoms with E-state index in [0.29, 0.717) is 5.75 Å². The van der Waals surface area contributed by atoms with E-state index >= 15 is 0 Å². The number of rotatable bonds is 7. The van der Waals surface area contributed by atoms with Crippen LogP contribution in [0.5, 0.6) is 0 Å². The maximum atomic E-state index is 11.5. The maximum absolute atomic E-state index is 11.5. The quantitative estimate of drug-likeness (QED) is 0.489. The topological polar surface area (TPSA) is 46.6 Å². The zero-order valence-electron chi connectivity index (χ0n) is 9.62. The third kappa shape index (κ3) is 7.25. The summed E-state index contributed by atoms with van der Waals surface area (Å²) in [5.74, 6) is 1.02. The monoisotopic (exact) mass is 233 g/mol. The van der Waals surface area contributed by atoms with Crippen molar-refractivity contribution in [3.8, 4) is 0 Å². The molecule has 0 rings (SSSR count). The Morgan fingerprint density at radius 1 is 1.40 bits per heavy atom. The summed E-state index contributed by atoms with van der Waals surface area (Å²) in [6, 6.07) is 0. The van der Waals surface area contributed by atoms with Gasteiger partial charge in [0.25, 0.3) is 0 Å². The fourth-order valence-electron chi connectivity index (χ4n) is 0.862. The van der Waals surface area contributed by atoms with Crippen molar-refractivity contribution < 1.29 is 14.3 Å². The van der Waals surface area contributed by atoms with Crippen molar-refractivity contribution in [1.82, 2.24) is 4.90 Å². The van der Waals surface area contributed by atoms with Crippen LogP contribution in [0.15, 0.2) is 0 Å². The van der Waals surface area contributed by atoms with Crippen molar-refractivity contribution >= 4 is 23.6 Å². The van der Waals surface area contributed by atoms with Crippen molar-refractivity contribution in [1.29, 1.82) is 0 Å². The summed E-state index contributed by atoms with van der Waals surface area (Å²) in [5.41, 5.74) is 0. The molecule has 1 amide bonds. The molecule has 88 valence electrons. The van der Waals surface area contributed by atoms with Crippen molar-refractivity contribution in [2.75, 3.05) is 32.2 Å². The summed E-state index contributed by atoms with van der Waals surface area (Å²) in [6.45, 7) is 2.15. The van der Waals surface area contributed by atoms with Crippen LogP contribution in [-0.2, 0) is 14.3 Å². The number of thioether (sulfide) groups is 1. The van der Waals surface area contributed by atoms with Gasteiger partial charge in [-0.05, 0) is 12.2 Å². The van der Waals surface area contributed by atoms with Crippen LogP contribution in [-0.4, -0.2) is 49.0 Å². The number of unbranched alkanes of at least 4 members (excludes halogenated alkanes) is 1. The molecule has 5 heteroatoms. The Morgan fingerprint density at radius 2 is 2.07 bits per heavy atom. The van der Waals surface area contributed by atoms with Crippen LogP contribution in [0.1, 0.15) is 19.8 Å². The molecule has 0 atom stereocenters. The van der Waals surface area contributed by atoms with Gasteiger partial charge in [0.2, 0.25) is 5.91 Å². The second-order valence-electron chi connectivity index (χ2n) is 3.23. The third-order valence-corrected chi connectivity index (χ3v) is 2.92. The number of methoxy groups -OCH3 is 1. The molecule has 0 fully saturated rings. The van der Waals surface area contributed by atoms with Crippen LogP contribution in [0.25, 0.3) is 0 Å². The second kappa shape index (κ2) is 8.59. The van der Waals surface area contributed by atoms with Crippen molar-refractivity contribution in [3.05, 3.63) is 0 Å². The molecule has 4 nitrogen and oxygen atoms in total. The van der Waals surface area contributed by atoms with Gasteiger partial charge >= 0.3 is 5.97 Å². The van der Waals surface area contributed by atoms with Gasteiger partial charge in [0.1, 0.15) is 6.54 Å². The van der Waals surface area contributed by atoms with E-state index in [9.17, 15) is 9.59 Å². The molecular weight excluding hydrogens is 214 g/mol. The lowest BCUT2D eigenvalue weighted by molar-refractivity contribution is -0.145. The fraction of sp³-hybridized carbons (Fsp3) is 0.800. The number of hydrogen-bond donors (Lipinski definition) is 0. The smallest absolute Gasteiger partial charge is 0.325 e. The molecule has 0 unspecified atom stereocenters.